The molecule has 0 bridgehead atoms. The molecule has 12 atom stereocenters. The van der Waals surface area contributed by atoms with Crippen LogP contribution in [-0.4, -0.2) is 102 Å². The molecular formula is C84H87F3N12O6. The van der Waals surface area contributed by atoms with E-state index in [9.17, 15) is 27.6 Å². The van der Waals surface area contributed by atoms with Gasteiger partial charge in [0.25, 0.3) is 0 Å². The molecule has 0 unspecified atom stereocenters. The normalized spacial score (nSPS) is 23.4. The standard InChI is InChI=1S/3C28H29FN4O2/c1-2-35-28(34)33-24-9-10-25-20(14-24)12-21-15-30-17-32-27(21)26(25)11-8-23-7-6-19(16-31-23)18-4-3-5-22(29)13-18;1-2-35-28(34)33-24-9-10-25-20(14-24)12-21-16-31-32-17-27(21)26(25)11-8-23-7-6-19(15-30-23)18-4-3-5-22(29)13-18;1-2-35-28(34)32-24-9-10-25-21(16-24)14-19-12-13-31-33-27(19)26(25)11-8-23-7-6-20(17-30-23)18-4-3-5-22(29)15-18/h2*3-8,11,13,15-17,20,24-26H,2,9-10,12,14H2,1H3,(H,33,34);3-8,11-13,15,17,21,24-26H,2,9-10,14,16H2,1H3,(H,32,34)/b3*11-8+/t2*20-,24-,25-,26+;21-,24-,25-,26+/m111/s1. The van der Waals surface area contributed by atoms with Crippen molar-refractivity contribution in [2.24, 2.45) is 35.5 Å². The number of amides is 3. The Hall–Kier alpha value is -10.8. The first-order chi connectivity index (χ1) is 51.3. The second-order valence-corrected chi connectivity index (χ2v) is 28.0. The van der Waals surface area contributed by atoms with E-state index in [1.165, 1.54) is 58.7 Å². The van der Waals surface area contributed by atoms with Crippen molar-refractivity contribution in [3.05, 3.63) is 251 Å². The van der Waals surface area contributed by atoms with Gasteiger partial charge in [-0.3, -0.25) is 15.0 Å². The van der Waals surface area contributed by atoms with Gasteiger partial charge in [0.15, 0.2) is 0 Å². The van der Waals surface area contributed by atoms with Crippen molar-refractivity contribution in [2.45, 2.75) is 134 Å². The third-order valence-electron chi connectivity index (χ3n) is 21.5. The zero-order valence-corrected chi connectivity index (χ0v) is 59.2. The molecule has 3 N–H and O–H groups in total. The number of fused-ring (bicyclic) bond motifs is 6. The maximum absolute atomic E-state index is 13.6. The first kappa shape index (κ1) is 72.5. The zero-order chi connectivity index (χ0) is 72.6. The largest absolute Gasteiger partial charge is 0.450 e. The summed E-state index contributed by atoms with van der Waals surface area (Å²) in [7, 11) is 0. The van der Waals surface area contributed by atoms with Crippen LogP contribution >= 0.6 is 0 Å². The van der Waals surface area contributed by atoms with Gasteiger partial charge >= 0.3 is 18.3 Å². The van der Waals surface area contributed by atoms with Gasteiger partial charge in [0.1, 0.15) is 23.8 Å². The fraction of sp³-hybridized carbons (Fsp3) is 0.357. The van der Waals surface area contributed by atoms with Gasteiger partial charge in [-0.05, 0) is 251 Å². The predicted molar refractivity (Wildman–Crippen MR) is 396 cm³/mol. The molecule has 9 aromatic rings. The Bertz CT molecular complexity index is 4090. The number of rotatable bonds is 15. The van der Waals surface area contributed by atoms with Gasteiger partial charge in [-0.2, -0.15) is 20.4 Å². The van der Waals surface area contributed by atoms with Crippen molar-refractivity contribution >= 4 is 36.5 Å². The van der Waals surface area contributed by atoms with E-state index in [0.29, 0.717) is 55.3 Å². The number of nitrogens with one attached hydrogen (secondary N) is 3. The number of benzene rings is 3. The van der Waals surface area contributed by atoms with Crippen LogP contribution in [0.4, 0.5) is 27.6 Å². The predicted octanol–water partition coefficient (Wildman–Crippen LogP) is 16.7. The molecule has 6 aromatic heterocycles. The molecule has 105 heavy (non-hydrogen) atoms. The van der Waals surface area contributed by atoms with Crippen molar-refractivity contribution in [1.29, 1.82) is 0 Å². The number of allylic oxidation sites excluding steroid dienone is 3. The quantitative estimate of drug-likeness (QED) is 0.0810. The molecule has 0 radical (unpaired) electrons. The summed E-state index contributed by atoms with van der Waals surface area (Å²) in [6.45, 7) is 6.57. The lowest BCUT2D eigenvalue weighted by atomic mass is 9.63. The SMILES string of the molecule is CCOC(=O)N[C@@H]1CC[C@@H]2[C@H](Cc3ccnnc3[C@H]2/C=C/c2ccc(-c3cccc(F)c3)cn2)C1.CCOC(=O)N[C@@H]1CC[C@@H]2[C@H](Cc3cncnc3[C@H]2/C=C/c2ccc(-c3cccc(F)c3)cn2)C1.CCOC(=O)N[C@@H]1CC[C@@H]2[C@H](Cc3cnncc3[C@H]2/C=C/c2ccc(-c3cccc(F)c3)cn2)C1. The van der Waals surface area contributed by atoms with Crippen molar-refractivity contribution in [2.75, 3.05) is 19.8 Å². The van der Waals surface area contributed by atoms with Gasteiger partial charge in [0, 0.05) is 83.6 Å². The summed E-state index contributed by atoms with van der Waals surface area (Å²) in [5, 5.41) is 26.1. The second kappa shape index (κ2) is 34.6. The van der Waals surface area contributed by atoms with Crippen LogP contribution in [0.5, 0.6) is 0 Å². The number of aromatic nitrogens is 9. The van der Waals surface area contributed by atoms with E-state index in [1.54, 1.807) is 49.3 Å². The molecule has 21 heteroatoms. The van der Waals surface area contributed by atoms with E-state index in [0.717, 1.165) is 139 Å². The van der Waals surface area contributed by atoms with Crippen LogP contribution in [0.1, 0.15) is 147 Å². The first-order valence-electron chi connectivity index (χ1n) is 36.7. The Labute approximate surface area is 610 Å². The summed E-state index contributed by atoms with van der Waals surface area (Å²) in [6, 6.07) is 33.8. The van der Waals surface area contributed by atoms with Gasteiger partial charge in [0.05, 0.1) is 60.7 Å². The number of nitrogens with zero attached hydrogens (tertiary/aromatic N) is 9. The zero-order valence-electron chi connectivity index (χ0n) is 59.2. The minimum Gasteiger partial charge on any atom is -0.450 e. The van der Waals surface area contributed by atoms with Gasteiger partial charge < -0.3 is 30.2 Å². The van der Waals surface area contributed by atoms with Crippen LogP contribution < -0.4 is 16.0 Å². The summed E-state index contributed by atoms with van der Waals surface area (Å²) in [5.41, 5.74) is 14.6. The fourth-order valence-corrected chi connectivity index (χ4v) is 16.7. The Balaban J connectivity index is 0.000000140. The number of carbonyl (C=O) groups excluding carboxylic acids is 3. The molecule has 15 rings (SSSR count). The topological polar surface area (TPSA) is 231 Å². The summed E-state index contributed by atoms with van der Waals surface area (Å²) >= 11 is 0. The molecule has 6 aliphatic carbocycles. The maximum atomic E-state index is 13.6. The van der Waals surface area contributed by atoms with Crippen LogP contribution in [0, 0.1) is 53.0 Å². The van der Waals surface area contributed by atoms with E-state index >= 15 is 0 Å². The van der Waals surface area contributed by atoms with Crippen molar-refractivity contribution < 1.29 is 41.8 Å². The molecule has 540 valence electrons. The van der Waals surface area contributed by atoms with Crippen molar-refractivity contribution in [3.8, 4) is 33.4 Å². The number of hydrogen-bond donors (Lipinski definition) is 3. The summed E-state index contributed by atoms with van der Waals surface area (Å²) in [4.78, 5) is 58.5. The van der Waals surface area contributed by atoms with E-state index in [4.69, 9.17) is 14.2 Å². The lowest BCUT2D eigenvalue weighted by molar-refractivity contribution is 0.127. The van der Waals surface area contributed by atoms with E-state index < -0.39 is 0 Å². The first-order valence-corrected chi connectivity index (χ1v) is 36.7. The van der Waals surface area contributed by atoms with E-state index in [-0.39, 0.29) is 71.6 Å². The third kappa shape index (κ3) is 18.4. The third-order valence-corrected chi connectivity index (χ3v) is 21.5. The van der Waals surface area contributed by atoms with E-state index in [2.05, 4.69) is 97.7 Å². The van der Waals surface area contributed by atoms with Crippen LogP contribution in [-0.2, 0) is 33.5 Å². The smallest absolute Gasteiger partial charge is 0.407 e. The lowest BCUT2D eigenvalue weighted by Crippen LogP contribution is -2.44. The Morgan fingerprint density at radius 2 is 0.848 bits per heavy atom. The monoisotopic (exact) mass is 1420 g/mol. The van der Waals surface area contributed by atoms with Crippen LogP contribution in [0.3, 0.4) is 0 Å². The minimum atomic E-state index is -0.334. The molecule has 3 aromatic carbocycles. The molecule has 0 aliphatic heterocycles. The summed E-state index contributed by atoms with van der Waals surface area (Å²) in [6.07, 6.45) is 37.6. The average Bonchev–Trinajstić information content (AvgIpc) is 0.781. The van der Waals surface area contributed by atoms with E-state index in [1.807, 2.05) is 100 Å². The highest BCUT2D eigenvalue weighted by molar-refractivity contribution is 5.69. The Kier molecular flexibility index (Phi) is 23.9. The summed E-state index contributed by atoms with van der Waals surface area (Å²) in [5.74, 6) is 2.43. The maximum Gasteiger partial charge on any atom is 0.407 e. The Morgan fingerprint density at radius 1 is 0.429 bits per heavy atom. The van der Waals surface area contributed by atoms with Crippen molar-refractivity contribution in [1.82, 2.24) is 61.3 Å². The molecule has 3 amide bonds. The molecular weight excluding hydrogens is 1330 g/mol. The number of hydrogen-bond acceptors (Lipinski definition) is 15. The van der Waals surface area contributed by atoms with Crippen molar-refractivity contribution in [3.63, 3.8) is 0 Å². The highest BCUT2D eigenvalue weighted by Gasteiger charge is 2.44. The number of pyridine rings is 3. The molecule has 6 heterocycles. The van der Waals surface area contributed by atoms with Gasteiger partial charge in [-0.15, -0.1) is 0 Å². The summed E-state index contributed by atoms with van der Waals surface area (Å²) < 4.78 is 56.0. The van der Waals surface area contributed by atoms with Crippen LogP contribution in [0.25, 0.3) is 51.6 Å². The number of ether oxygens (including phenoxy) is 3. The highest BCUT2D eigenvalue weighted by atomic mass is 19.1. The molecule has 18 nitrogen and oxygen atoms in total. The fourth-order valence-electron chi connectivity index (χ4n) is 16.7. The van der Waals surface area contributed by atoms with Gasteiger partial charge in [0.2, 0.25) is 0 Å². The lowest BCUT2D eigenvalue weighted by Gasteiger charge is -2.43. The second-order valence-electron chi connectivity index (χ2n) is 28.0. The Morgan fingerprint density at radius 3 is 1.29 bits per heavy atom. The number of carbonyl (C=O) groups is 3. The molecule has 0 saturated heterocycles. The number of halogens is 3. The average molecular weight is 1420 g/mol. The highest BCUT2D eigenvalue weighted by Crippen LogP contribution is 2.50. The van der Waals surface area contributed by atoms with Crippen LogP contribution in [0.2, 0.25) is 0 Å². The molecule has 0 spiro atoms. The van der Waals surface area contributed by atoms with Gasteiger partial charge in [-0.1, -0.05) is 72.8 Å². The molecule has 3 fully saturated rings. The van der Waals surface area contributed by atoms with Crippen LogP contribution in [0.15, 0.2) is 183 Å². The molecule has 6 aliphatic rings. The number of alkyl carbamates (subject to hydrolysis) is 3. The molecule has 3 saturated carbocycles. The van der Waals surface area contributed by atoms with Gasteiger partial charge in [-0.25, -0.2) is 37.5 Å². The minimum absolute atomic E-state index is 0.128.